The second-order valence-corrected chi connectivity index (χ2v) is 6.14. The van der Waals surface area contributed by atoms with Crippen LogP contribution >= 0.6 is 0 Å². The van der Waals surface area contributed by atoms with Crippen LogP contribution in [0.5, 0.6) is 5.88 Å². The Morgan fingerprint density at radius 1 is 1.25 bits per heavy atom. The highest BCUT2D eigenvalue weighted by molar-refractivity contribution is 5.94. The van der Waals surface area contributed by atoms with Gasteiger partial charge in [0.15, 0.2) is 0 Å². The van der Waals surface area contributed by atoms with Gasteiger partial charge in [-0.2, -0.15) is 18.4 Å². The Morgan fingerprint density at radius 3 is 2.61 bits per heavy atom. The van der Waals surface area contributed by atoms with E-state index in [1.807, 2.05) is 6.07 Å². The van der Waals surface area contributed by atoms with Crippen LogP contribution in [-0.2, 0) is 10.9 Å². The van der Waals surface area contributed by atoms with Gasteiger partial charge in [0.2, 0.25) is 5.88 Å². The normalized spacial score (nSPS) is 17.5. The predicted molar refractivity (Wildman–Crippen MR) is 91.5 cm³/mol. The van der Waals surface area contributed by atoms with Gasteiger partial charge in [-0.25, -0.2) is 4.98 Å². The minimum atomic E-state index is -4.47. The van der Waals surface area contributed by atoms with E-state index in [0.717, 1.165) is 12.1 Å². The summed E-state index contributed by atoms with van der Waals surface area (Å²) in [4.78, 5) is 17.9. The van der Waals surface area contributed by atoms with Crippen molar-refractivity contribution in [3.05, 3.63) is 59.3 Å². The van der Waals surface area contributed by atoms with Gasteiger partial charge in [-0.1, -0.05) is 0 Å². The molecule has 28 heavy (non-hydrogen) atoms. The van der Waals surface area contributed by atoms with Crippen LogP contribution in [-0.4, -0.2) is 48.2 Å². The summed E-state index contributed by atoms with van der Waals surface area (Å²) in [7, 11) is 0. The van der Waals surface area contributed by atoms with E-state index in [-0.39, 0.29) is 24.9 Å². The van der Waals surface area contributed by atoms with Crippen molar-refractivity contribution in [2.24, 2.45) is 0 Å². The molecule has 1 fully saturated rings. The number of ether oxygens (including phenoxy) is 2. The molecule has 0 saturated carbocycles. The van der Waals surface area contributed by atoms with E-state index in [2.05, 4.69) is 4.98 Å². The first-order valence-electron chi connectivity index (χ1n) is 8.44. The topological polar surface area (TPSA) is 75.5 Å². The predicted octanol–water partition coefficient (Wildman–Crippen LogP) is 2.89. The quantitative estimate of drug-likeness (QED) is 0.804. The fraction of sp³-hybridized carbons (Fsp3) is 0.316. The molecule has 1 aromatic carbocycles. The number of hydrogen-bond acceptors (Lipinski definition) is 5. The number of nitrogens with zero attached hydrogens (tertiary/aromatic N) is 3. The van der Waals surface area contributed by atoms with Gasteiger partial charge in [0.25, 0.3) is 5.91 Å². The first-order valence-corrected chi connectivity index (χ1v) is 8.44. The van der Waals surface area contributed by atoms with Crippen LogP contribution in [0.1, 0.15) is 21.5 Å². The molecule has 2 aromatic rings. The third-order valence-electron chi connectivity index (χ3n) is 4.13. The molecule has 1 aliphatic heterocycles. The average Bonchev–Trinajstić information content (AvgIpc) is 2.93. The minimum Gasteiger partial charge on any atom is -0.470 e. The van der Waals surface area contributed by atoms with E-state index in [0.29, 0.717) is 30.5 Å². The highest BCUT2D eigenvalue weighted by Crippen LogP contribution is 2.29. The van der Waals surface area contributed by atoms with Gasteiger partial charge in [-0.3, -0.25) is 4.79 Å². The number of aromatic nitrogens is 1. The van der Waals surface area contributed by atoms with E-state index in [4.69, 9.17) is 14.7 Å². The van der Waals surface area contributed by atoms with E-state index in [9.17, 15) is 18.0 Å². The van der Waals surface area contributed by atoms with Gasteiger partial charge in [0.05, 0.1) is 37.0 Å². The zero-order valence-electron chi connectivity index (χ0n) is 14.6. The van der Waals surface area contributed by atoms with Gasteiger partial charge < -0.3 is 14.4 Å². The summed E-state index contributed by atoms with van der Waals surface area (Å²) in [5.74, 6) is -0.224. The summed E-state index contributed by atoms with van der Waals surface area (Å²) in [5.41, 5.74) is 0.00669. The van der Waals surface area contributed by atoms with Crippen molar-refractivity contribution >= 4 is 5.91 Å². The van der Waals surface area contributed by atoms with Crippen molar-refractivity contribution in [1.29, 1.82) is 5.26 Å². The lowest BCUT2D eigenvalue weighted by molar-refractivity contribution is -0.137. The van der Waals surface area contributed by atoms with Crippen LogP contribution in [0.15, 0.2) is 42.6 Å². The maximum atomic E-state index is 12.7. The smallest absolute Gasteiger partial charge is 0.417 e. The van der Waals surface area contributed by atoms with Crippen molar-refractivity contribution in [3.8, 4) is 11.9 Å². The lowest BCUT2D eigenvalue weighted by Gasteiger charge is -2.24. The summed E-state index contributed by atoms with van der Waals surface area (Å²) >= 11 is 0. The molecule has 0 aliphatic carbocycles. The molecule has 6 nitrogen and oxygen atoms in total. The number of carbonyl (C=O) groups excluding carboxylic acids is 1. The lowest BCUT2D eigenvalue weighted by atomic mass is 10.1. The van der Waals surface area contributed by atoms with E-state index in [1.54, 1.807) is 29.2 Å². The van der Waals surface area contributed by atoms with Gasteiger partial charge in [0.1, 0.15) is 6.10 Å². The molecule has 2 heterocycles. The zero-order chi connectivity index (χ0) is 20.1. The highest BCUT2D eigenvalue weighted by Gasteiger charge is 2.31. The van der Waals surface area contributed by atoms with Crippen molar-refractivity contribution in [2.45, 2.75) is 12.3 Å². The SMILES string of the molecule is N#Cc1ccc(C(=O)N2CCOC[C@H](Oc3ccc(C(F)(F)F)cn3)C2)cc1. The van der Waals surface area contributed by atoms with E-state index in [1.165, 1.54) is 0 Å². The number of halogens is 3. The first-order chi connectivity index (χ1) is 13.4. The molecule has 146 valence electrons. The molecular formula is C19H16F3N3O3. The second-order valence-electron chi connectivity index (χ2n) is 6.14. The summed E-state index contributed by atoms with van der Waals surface area (Å²) in [6, 6.07) is 10.3. The summed E-state index contributed by atoms with van der Waals surface area (Å²) in [6.07, 6.45) is -4.34. The Hall–Kier alpha value is -3.12. The molecule has 9 heteroatoms. The first kappa shape index (κ1) is 19.6. The monoisotopic (exact) mass is 391 g/mol. The number of carbonyl (C=O) groups is 1. The molecule has 1 aliphatic rings. The Morgan fingerprint density at radius 2 is 2.00 bits per heavy atom. The fourth-order valence-electron chi connectivity index (χ4n) is 2.69. The van der Waals surface area contributed by atoms with Crippen molar-refractivity contribution in [1.82, 2.24) is 9.88 Å². The van der Waals surface area contributed by atoms with E-state index < -0.39 is 17.8 Å². The molecular weight excluding hydrogens is 375 g/mol. The van der Waals surface area contributed by atoms with Gasteiger partial charge in [-0.05, 0) is 30.3 Å². The van der Waals surface area contributed by atoms with Crippen LogP contribution in [0.4, 0.5) is 13.2 Å². The summed E-state index contributed by atoms with van der Waals surface area (Å²) in [6.45, 7) is 1.03. The number of pyridine rings is 1. The average molecular weight is 391 g/mol. The number of alkyl halides is 3. The largest absolute Gasteiger partial charge is 0.470 e. The highest BCUT2D eigenvalue weighted by atomic mass is 19.4. The fourth-order valence-corrected chi connectivity index (χ4v) is 2.69. The Labute approximate surface area is 159 Å². The molecule has 1 aromatic heterocycles. The molecule has 0 spiro atoms. The molecule has 3 rings (SSSR count). The third kappa shape index (κ3) is 4.78. The molecule has 0 bridgehead atoms. The van der Waals surface area contributed by atoms with Crippen molar-refractivity contribution < 1.29 is 27.4 Å². The van der Waals surface area contributed by atoms with Gasteiger partial charge in [0, 0.05) is 24.4 Å². The number of rotatable bonds is 3. The Kier molecular flexibility index (Phi) is 5.80. The van der Waals surface area contributed by atoms with Crippen molar-refractivity contribution in [3.63, 3.8) is 0 Å². The zero-order valence-corrected chi connectivity index (χ0v) is 14.6. The van der Waals surface area contributed by atoms with Crippen LogP contribution < -0.4 is 4.74 Å². The van der Waals surface area contributed by atoms with Crippen molar-refractivity contribution in [2.75, 3.05) is 26.3 Å². The summed E-state index contributed by atoms with van der Waals surface area (Å²) < 4.78 is 48.9. The molecule has 0 N–H and O–H groups in total. The Balaban J connectivity index is 1.67. The van der Waals surface area contributed by atoms with Gasteiger partial charge >= 0.3 is 6.18 Å². The molecule has 1 atom stereocenters. The molecule has 0 unspecified atom stereocenters. The third-order valence-corrected chi connectivity index (χ3v) is 4.13. The maximum absolute atomic E-state index is 12.7. The molecule has 1 amide bonds. The van der Waals surface area contributed by atoms with Crippen LogP contribution in [0, 0.1) is 11.3 Å². The number of nitriles is 1. The van der Waals surface area contributed by atoms with Crippen LogP contribution in [0.2, 0.25) is 0 Å². The van der Waals surface area contributed by atoms with Crippen LogP contribution in [0.25, 0.3) is 0 Å². The lowest BCUT2D eigenvalue weighted by Crippen LogP contribution is -2.40. The maximum Gasteiger partial charge on any atom is 0.417 e. The van der Waals surface area contributed by atoms with Crippen LogP contribution in [0.3, 0.4) is 0 Å². The molecule has 0 radical (unpaired) electrons. The second kappa shape index (κ2) is 8.27. The number of hydrogen-bond donors (Lipinski definition) is 0. The van der Waals surface area contributed by atoms with Gasteiger partial charge in [-0.15, -0.1) is 0 Å². The molecule has 1 saturated heterocycles. The number of amides is 1. The summed E-state index contributed by atoms with van der Waals surface area (Å²) in [5, 5.41) is 8.84. The van der Waals surface area contributed by atoms with E-state index >= 15 is 0 Å². The standard InChI is InChI=1S/C19H16F3N3O3/c20-19(21,22)15-5-6-17(24-10-15)28-16-11-25(7-8-27-12-16)18(26)14-3-1-13(9-23)2-4-14/h1-6,10,16H,7-8,11-12H2/t16-/m1/s1. The minimum absolute atomic E-state index is 0.0225. The Bertz CT molecular complexity index is 861. The number of benzene rings is 1.